The lowest BCUT2D eigenvalue weighted by Crippen LogP contribution is -2.42. The van der Waals surface area contributed by atoms with Crippen LogP contribution in [-0.4, -0.2) is 73.2 Å². The van der Waals surface area contributed by atoms with Crippen molar-refractivity contribution in [3.63, 3.8) is 0 Å². The van der Waals surface area contributed by atoms with Crippen molar-refractivity contribution >= 4 is 5.91 Å². The van der Waals surface area contributed by atoms with Crippen molar-refractivity contribution in [2.75, 3.05) is 46.3 Å². The number of aliphatic hydroxyl groups excluding tert-OH is 1. The summed E-state index contributed by atoms with van der Waals surface area (Å²) in [6.45, 7) is 10.0. The summed E-state index contributed by atoms with van der Waals surface area (Å²) in [7, 11) is 1.97. The standard InChI is InChI=1S/C19H37N3O2/c1-15(18-4-8-20-9-5-18)12-19(24)21(3)14-17-6-10-22(11-7-17)13-16(2)23/h15-18,20,23H,4-14H2,1-3H3. The second-order valence-electron chi connectivity index (χ2n) is 8.14. The lowest BCUT2D eigenvalue weighted by Gasteiger charge is -2.35. The molecule has 0 aromatic rings. The Balaban J connectivity index is 1.68. The summed E-state index contributed by atoms with van der Waals surface area (Å²) in [5.41, 5.74) is 0. The number of carbonyl (C=O) groups excluding carboxylic acids is 1. The van der Waals surface area contributed by atoms with Crippen LogP contribution < -0.4 is 5.32 Å². The third-order valence-corrected chi connectivity index (χ3v) is 5.87. The van der Waals surface area contributed by atoms with Crippen molar-refractivity contribution in [3.05, 3.63) is 0 Å². The van der Waals surface area contributed by atoms with E-state index in [1.165, 1.54) is 12.8 Å². The third kappa shape index (κ3) is 6.34. The normalized spacial score (nSPS) is 23.8. The SMILES string of the molecule is CC(O)CN1CCC(CN(C)C(=O)CC(C)C2CCNCC2)CC1. The van der Waals surface area contributed by atoms with Crippen LogP contribution in [-0.2, 0) is 4.79 Å². The molecule has 0 aliphatic carbocycles. The van der Waals surface area contributed by atoms with E-state index in [-0.39, 0.29) is 6.10 Å². The van der Waals surface area contributed by atoms with Gasteiger partial charge in [-0.2, -0.15) is 0 Å². The van der Waals surface area contributed by atoms with E-state index in [4.69, 9.17) is 0 Å². The highest BCUT2D eigenvalue weighted by atomic mass is 16.3. The molecule has 2 unspecified atom stereocenters. The van der Waals surface area contributed by atoms with Crippen LogP contribution in [0.3, 0.4) is 0 Å². The van der Waals surface area contributed by atoms with Crippen molar-refractivity contribution in [1.82, 2.24) is 15.1 Å². The zero-order valence-corrected chi connectivity index (χ0v) is 15.8. The van der Waals surface area contributed by atoms with E-state index >= 15 is 0 Å². The van der Waals surface area contributed by atoms with Crippen LogP contribution in [0.15, 0.2) is 0 Å². The maximum atomic E-state index is 12.5. The minimum Gasteiger partial charge on any atom is -0.392 e. The third-order valence-electron chi connectivity index (χ3n) is 5.87. The number of hydrogen-bond donors (Lipinski definition) is 2. The van der Waals surface area contributed by atoms with Crippen molar-refractivity contribution in [2.24, 2.45) is 17.8 Å². The minimum absolute atomic E-state index is 0.248. The van der Waals surface area contributed by atoms with Gasteiger partial charge in [-0.3, -0.25) is 4.79 Å². The Labute approximate surface area is 147 Å². The van der Waals surface area contributed by atoms with Crippen LogP contribution in [0.4, 0.5) is 0 Å². The predicted octanol–water partition coefficient (Wildman–Crippen LogP) is 1.56. The van der Waals surface area contributed by atoms with Gasteiger partial charge in [0.05, 0.1) is 6.10 Å². The second-order valence-corrected chi connectivity index (χ2v) is 8.14. The van der Waals surface area contributed by atoms with E-state index in [0.717, 1.165) is 52.1 Å². The molecule has 140 valence electrons. The van der Waals surface area contributed by atoms with Gasteiger partial charge in [-0.05, 0) is 76.5 Å². The van der Waals surface area contributed by atoms with Gasteiger partial charge in [-0.25, -0.2) is 0 Å². The van der Waals surface area contributed by atoms with Gasteiger partial charge >= 0.3 is 0 Å². The quantitative estimate of drug-likeness (QED) is 0.739. The molecule has 0 aromatic carbocycles. The number of carbonyl (C=O) groups is 1. The molecule has 0 saturated carbocycles. The fraction of sp³-hybridized carbons (Fsp3) is 0.947. The predicted molar refractivity (Wildman–Crippen MR) is 97.9 cm³/mol. The summed E-state index contributed by atoms with van der Waals surface area (Å²) >= 11 is 0. The van der Waals surface area contributed by atoms with Gasteiger partial charge in [-0.15, -0.1) is 0 Å². The number of amides is 1. The first kappa shape index (κ1) is 19.7. The van der Waals surface area contributed by atoms with Crippen molar-refractivity contribution in [1.29, 1.82) is 0 Å². The smallest absolute Gasteiger partial charge is 0.222 e. The zero-order chi connectivity index (χ0) is 17.5. The molecule has 0 radical (unpaired) electrons. The molecule has 1 amide bonds. The lowest BCUT2D eigenvalue weighted by molar-refractivity contribution is -0.132. The highest BCUT2D eigenvalue weighted by Crippen LogP contribution is 2.25. The number of β-amino-alcohol motifs (C(OH)–C–C–N with tert-alkyl or cyclic N) is 1. The van der Waals surface area contributed by atoms with E-state index in [9.17, 15) is 9.90 Å². The topological polar surface area (TPSA) is 55.8 Å². The van der Waals surface area contributed by atoms with E-state index in [2.05, 4.69) is 17.1 Å². The molecule has 2 N–H and O–H groups in total. The Morgan fingerprint density at radius 1 is 1.21 bits per heavy atom. The highest BCUT2D eigenvalue weighted by molar-refractivity contribution is 5.76. The van der Waals surface area contributed by atoms with Crippen molar-refractivity contribution in [2.45, 2.75) is 52.1 Å². The molecule has 5 heteroatoms. The van der Waals surface area contributed by atoms with Crippen LogP contribution in [0.25, 0.3) is 0 Å². The van der Waals surface area contributed by atoms with Gasteiger partial charge in [0.2, 0.25) is 5.91 Å². The number of piperidine rings is 2. The molecule has 5 nitrogen and oxygen atoms in total. The molecule has 2 heterocycles. The molecule has 0 bridgehead atoms. The Bertz CT molecular complexity index is 375. The van der Waals surface area contributed by atoms with E-state index in [1.54, 1.807) is 0 Å². The van der Waals surface area contributed by atoms with Crippen LogP contribution in [0, 0.1) is 17.8 Å². The van der Waals surface area contributed by atoms with Crippen molar-refractivity contribution < 1.29 is 9.90 Å². The molecule has 2 fully saturated rings. The molecule has 0 spiro atoms. The number of nitrogens with zero attached hydrogens (tertiary/aromatic N) is 2. The Kier molecular flexibility index (Phi) is 7.98. The number of aliphatic hydroxyl groups is 1. The average molecular weight is 340 g/mol. The van der Waals surface area contributed by atoms with Crippen LogP contribution in [0.1, 0.15) is 46.0 Å². The molecule has 2 atom stereocenters. The maximum absolute atomic E-state index is 12.5. The molecule has 2 saturated heterocycles. The second kappa shape index (κ2) is 9.73. The molecular weight excluding hydrogens is 302 g/mol. The molecule has 2 aliphatic rings. The van der Waals surface area contributed by atoms with Crippen molar-refractivity contribution in [3.8, 4) is 0 Å². The van der Waals surface area contributed by atoms with Gasteiger partial charge in [0, 0.05) is 26.6 Å². The molecule has 24 heavy (non-hydrogen) atoms. The highest BCUT2D eigenvalue weighted by Gasteiger charge is 2.26. The Morgan fingerprint density at radius 2 is 1.83 bits per heavy atom. The average Bonchev–Trinajstić information content (AvgIpc) is 2.56. The maximum Gasteiger partial charge on any atom is 0.222 e. The van der Waals surface area contributed by atoms with E-state index in [0.29, 0.717) is 30.1 Å². The van der Waals surface area contributed by atoms with E-state index in [1.807, 2.05) is 18.9 Å². The molecule has 0 aromatic heterocycles. The summed E-state index contributed by atoms with van der Waals surface area (Å²) in [6.07, 6.45) is 5.13. The van der Waals surface area contributed by atoms with Gasteiger partial charge in [0.15, 0.2) is 0 Å². The van der Waals surface area contributed by atoms with Gasteiger partial charge < -0.3 is 20.2 Å². The summed E-state index contributed by atoms with van der Waals surface area (Å²) in [5.74, 6) is 2.12. The van der Waals surface area contributed by atoms with Crippen LogP contribution >= 0.6 is 0 Å². The number of hydrogen-bond acceptors (Lipinski definition) is 4. The first-order chi connectivity index (χ1) is 11.5. The largest absolute Gasteiger partial charge is 0.392 e. The minimum atomic E-state index is -0.248. The van der Waals surface area contributed by atoms with E-state index < -0.39 is 0 Å². The first-order valence-electron chi connectivity index (χ1n) is 9.80. The Morgan fingerprint density at radius 3 is 2.42 bits per heavy atom. The monoisotopic (exact) mass is 339 g/mol. The number of rotatable bonds is 7. The summed E-state index contributed by atoms with van der Waals surface area (Å²) < 4.78 is 0. The summed E-state index contributed by atoms with van der Waals surface area (Å²) in [6, 6.07) is 0. The fourth-order valence-corrected chi connectivity index (χ4v) is 4.23. The zero-order valence-electron chi connectivity index (χ0n) is 15.8. The molecular formula is C19H37N3O2. The summed E-state index contributed by atoms with van der Waals surface area (Å²) in [4.78, 5) is 16.8. The fourth-order valence-electron chi connectivity index (χ4n) is 4.23. The van der Waals surface area contributed by atoms with Gasteiger partial charge in [0.25, 0.3) is 0 Å². The molecule has 2 rings (SSSR count). The molecule has 2 aliphatic heterocycles. The number of likely N-dealkylation sites (tertiary alicyclic amines) is 1. The lowest BCUT2D eigenvalue weighted by atomic mass is 9.84. The van der Waals surface area contributed by atoms with Gasteiger partial charge in [0.1, 0.15) is 0 Å². The summed E-state index contributed by atoms with van der Waals surface area (Å²) in [5, 5.41) is 12.9. The van der Waals surface area contributed by atoms with Crippen LogP contribution in [0.2, 0.25) is 0 Å². The van der Waals surface area contributed by atoms with Gasteiger partial charge in [-0.1, -0.05) is 6.92 Å². The first-order valence-corrected chi connectivity index (χ1v) is 9.80. The van der Waals surface area contributed by atoms with Crippen LogP contribution in [0.5, 0.6) is 0 Å². The number of nitrogens with one attached hydrogen (secondary N) is 1. The Hall–Kier alpha value is -0.650.